The zero-order chi connectivity index (χ0) is 19.9. The number of benzene rings is 3. The second kappa shape index (κ2) is 8.83. The van der Waals surface area contributed by atoms with Crippen molar-refractivity contribution in [2.75, 3.05) is 7.11 Å². The summed E-state index contributed by atoms with van der Waals surface area (Å²) in [6, 6.07) is 19.4. The van der Waals surface area contributed by atoms with E-state index in [-0.39, 0.29) is 23.6 Å². The maximum atomic E-state index is 14.0. The van der Waals surface area contributed by atoms with Gasteiger partial charge in [0.2, 0.25) is 0 Å². The number of methoxy groups -OCH3 is 1. The van der Waals surface area contributed by atoms with Crippen LogP contribution in [0.2, 0.25) is 0 Å². The Labute approximate surface area is 162 Å². The maximum absolute atomic E-state index is 14.0. The molecule has 0 fully saturated rings. The quantitative estimate of drug-likeness (QED) is 0.414. The van der Waals surface area contributed by atoms with Crippen LogP contribution in [0.3, 0.4) is 0 Å². The number of hydrogen-bond donors (Lipinski definition) is 0. The first-order valence-corrected chi connectivity index (χ1v) is 8.52. The molecule has 0 atom stereocenters. The van der Waals surface area contributed by atoms with Gasteiger partial charge in [-0.25, -0.2) is 8.78 Å². The fourth-order valence-corrected chi connectivity index (χ4v) is 2.70. The number of rotatable bonds is 6. The smallest absolute Gasteiger partial charge is 0.161 e. The van der Waals surface area contributed by atoms with E-state index in [1.54, 1.807) is 54.6 Å². The topological polar surface area (TPSA) is 42.2 Å². The number of halogens is 2. The Morgan fingerprint density at radius 1 is 1.00 bits per heavy atom. The van der Waals surface area contributed by atoms with Gasteiger partial charge in [0.25, 0.3) is 0 Å². The summed E-state index contributed by atoms with van der Waals surface area (Å²) in [5.74, 6) is 0.146. The molecule has 0 N–H and O–H groups in total. The third-order valence-corrected chi connectivity index (χ3v) is 4.07. The van der Waals surface area contributed by atoms with E-state index in [1.807, 2.05) is 6.07 Å². The van der Waals surface area contributed by atoms with Crippen molar-refractivity contribution >= 4 is 11.6 Å². The van der Waals surface area contributed by atoms with Crippen LogP contribution in [0.15, 0.2) is 66.7 Å². The third-order valence-electron chi connectivity index (χ3n) is 4.07. The summed E-state index contributed by atoms with van der Waals surface area (Å²) in [5.41, 5.74) is 1.79. The van der Waals surface area contributed by atoms with E-state index in [2.05, 4.69) is 0 Å². The number of nitriles is 1. The second-order valence-corrected chi connectivity index (χ2v) is 5.98. The van der Waals surface area contributed by atoms with E-state index in [1.165, 1.54) is 25.3 Å². The molecule has 0 aliphatic rings. The van der Waals surface area contributed by atoms with Crippen molar-refractivity contribution in [1.29, 1.82) is 5.26 Å². The highest BCUT2D eigenvalue weighted by Gasteiger charge is 2.09. The number of hydrogen-bond acceptors (Lipinski definition) is 3. The first-order valence-electron chi connectivity index (χ1n) is 8.52. The average Bonchev–Trinajstić information content (AvgIpc) is 2.71. The summed E-state index contributed by atoms with van der Waals surface area (Å²) in [5, 5.41) is 9.41. The molecule has 0 aliphatic heterocycles. The fraction of sp³-hybridized carbons (Fsp3) is 0.0870. The maximum Gasteiger partial charge on any atom is 0.161 e. The minimum absolute atomic E-state index is 0.183. The summed E-state index contributed by atoms with van der Waals surface area (Å²) in [6.45, 7) is 0.183. The molecule has 0 saturated carbocycles. The summed E-state index contributed by atoms with van der Waals surface area (Å²) in [7, 11) is 1.50. The number of nitrogens with zero attached hydrogens (tertiary/aromatic N) is 1. The Morgan fingerprint density at radius 2 is 1.82 bits per heavy atom. The predicted octanol–water partition coefficient (Wildman–Crippen LogP) is 5.62. The molecule has 3 rings (SSSR count). The van der Waals surface area contributed by atoms with Crippen molar-refractivity contribution in [3.05, 3.63) is 95.1 Å². The highest BCUT2D eigenvalue weighted by molar-refractivity contribution is 5.90. The van der Waals surface area contributed by atoms with Crippen LogP contribution >= 0.6 is 0 Å². The summed E-state index contributed by atoms with van der Waals surface area (Å²) < 4.78 is 38.3. The van der Waals surface area contributed by atoms with E-state index >= 15 is 0 Å². The highest BCUT2D eigenvalue weighted by atomic mass is 19.1. The van der Waals surface area contributed by atoms with Crippen molar-refractivity contribution in [3.8, 4) is 17.6 Å². The Hall–Kier alpha value is -3.65. The summed E-state index contributed by atoms with van der Waals surface area (Å²) >= 11 is 0. The summed E-state index contributed by atoms with van der Waals surface area (Å²) in [6.07, 6.45) is 1.58. The first-order chi connectivity index (χ1) is 13.6. The molecule has 0 bridgehead atoms. The van der Waals surface area contributed by atoms with Gasteiger partial charge in [-0.2, -0.15) is 5.26 Å². The van der Waals surface area contributed by atoms with Gasteiger partial charge in [0, 0.05) is 5.56 Å². The lowest BCUT2D eigenvalue weighted by Crippen LogP contribution is -1.98. The van der Waals surface area contributed by atoms with Crippen LogP contribution in [-0.2, 0) is 6.61 Å². The normalized spacial score (nSPS) is 11.0. The molecule has 3 nitrogen and oxygen atoms in total. The zero-order valence-electron chi connectivity index (χ0n) is 15.2. The van der Waals surface area contributed by atoms with Crippen LogP contribution in [0.25, 0.3) is 11.6 Å². The van der Waals surface area contributed by atoms with Crippen molar-refractivity contribution in [2.45, 2.75) is 6.61 Å². The van der Waals surface area contributed by atoms with E-state index in [4.69, 9.17) is 9.47 Å². The van der Waals surface area contributed by atoms with Crippen LogP contribution < -0.4 is 9.47 Å². The van der Waals surface area contributed by atoms with Gasteiger partial charge in [-0.05, 0) is 47.5 Å². The Balaban J connectivity index is 1.84. The second-order valence-electron chi connectivity index (χ2n) is 5.98. The molecule has 140 valence electrons. The van der Waals surface area contributed by atoms with Crippen LogP contribution in [0, 0.1) is 23.0 Å². The monoisotopic (exact) mass is 377 g/mol. The predicted molar refractivity (Wildman–Crippen MR) is 104 cm³/mol. The fourth-order valence-electron chi connectivity index (χ4n) is 2.70. The van der Waals surface area contributed by atoms with Crippen molar-refractivity contribution < 1.29 is 18.3 Å². The van der Waals surface area contributed by atoms with Gasteiger partial charge in [-0.15, -0.1) is 0 Å². The van der Waals surface area contributed by atoms with Gasteiger partial charge in [-0.3, -0.25) is 0 Å². The lowest BCUT2D eigenvalue weighted by molar-refractivity contribution is 0.284. The molecule has 0 aromatic heterocycles. The zero-order valence-corrected chi connectivity index (χ0v) is 15.2. The number of ether oxygens (including phenoxy) is 2. The molecule has 0 amide bonds. The molecule has 0 radical (unpaired) electrons. The van der Waals surface area contributed by atoms with Crippen molar-refractivity contribution in [2.24, 2.45) is 0 Å². The Bertz CT molecular complexity index is 1050. The van der Waals surface area contributed by atoms with E-state index in [0.717, 1.165) is 0 Å². The molecule has 0 saturated heterocycles. The molecule has 3 aromatic carbocycles. The van der Waals surface area contributed by atoms with Crippen LogP contribution in [-0.4, -0.2) is 7.11 Å². The largest absolute Gasteiger partial charge is 0.493 e. The van der Waals surface area contributed by atoms with Gasteiger partial charge in [0.05, 0.1) is 18.8 Å². The van der Waals surface area contributed by atoms with Gasteiger partial charge >= 0.3 is 0 Å². The molecule has 5 heteroatoms. The van der Waals surface area contributed by atoms with Crippen LogP contribution in [0.4, 0.5) is 8.78 Å². The van der Waals surface area contributed by atoms with Gasteiger partial charge in [-0.1, -0.05) is 36.4 Å². The molecule has 0 unspecified atom stereocenters. The van der Waals surface area contributed by atoms with Gasteiger partial charge in [0.15, 0.2) is 11.5 Å². The molecular formula is C23H17F2NO2. The Morgan fingerprint density at radius 3 is 2.54 bits per heavy atom. The summed E-state index contributed by atoms with van der Waals surface area (Å²) in [4.78, 5) is 0. The lowest BCUT2D eigenvalue weighted by Gasteiger charge is -2.12. The lowest BCUT2D eigenvalue weighted by atomic mass is 10.0. The van der Waals surface area contributed by atoms with Crippen LogP contribution in [0.5, 0.6) is 11.5 Å². The SMILES string of the molecule is COc1cc(/C=C(/C#N)c2ccccc2F)ccc1OCc1cccc(F)c1. The molecule has 28 heavy (non-hydrogen) atoms. The minimum atomic E-state index is -0.461. The standard InChI is InChI=1S/C23H17F2NO2/c1-27-23-13-16(11-18(14-26)20-7-2-3-8-21(20)25)9-10-22(23)28-15-17-5-4-6-19(24)12-17/h2-13H,15H2,1H3/b18-11-. The highest BCUT2D eigenvalue weighted by Crippen LogP contribution is 2.31. The molecule has 0 aliphatic carbocycles. The first kappa shape index (κ1) is 19.1. The van der Waals surface area contributed by atoms with Crippen LogP contribution in [0.1, 0.15) is 16.7 Å². The Kier molecular flexibility index (Phi) is 6.03. The molecule has 0 spiro atoms. The van der Waals surface area contributed by atoms with E-state index < -0.39 is 5.82 Å². The van der Waals surface area contributed by atoms with Gasteiger partial charge < -0.3 is 9.47 Å². The van der Waals surface area contributed by atoms with Gasteiger partial charge in [0.1, 0.15) is 18.2 Å². The minimum Gasteiger partial charge on any atom is -0.493 e. The van der Waals surface area contributed by atoms with E-state index in [9.17, 15) is 14.0 Å². The van der Waals surface area contributed by atoms with Crippen molar-refractivity contribution in [3.63, 3.8) is 0 Å². The molecule has 0 heterocycles. The van der Waals surface area contributed by atoms with Crippen molar-refractivity contribution in [1.82, 2.24) is 0 Å². The average molecular weight is 377 g/mol. The molecular weight excluding hydrogens is 360 g/mol. The number of allylic oxidation sites excluding steroid dienone is 1. The van der Waals surface area contributed by atoms with E-state index in [0.29, 0.717) is 22.6 Å². The molecule has 3 aromatic rings. The third kappa shape index (κ3) is 4.54.